The maximum atomic E-state index is 12.0. The van der Waals surface area contributed by atoms with Gasteiger partial charge in [0.2, 0.25) is 5.91 Å². The number of hydrogen-bond acceptors (Lipinski definition) is 3. The number of carbonyl (C=O) groups excluding carboxylic acids is 1. The van der Waals surface area contributed by atoms with Crippen LogP contribution in [0.25, 0.3) is 0 Å². The average Bonchev–Trinajstić information content (AvgIpc) is 2.45. The highest BCUT2D eigenvalue weighted by Gasteiger charge is 2.23. The maximum Gasteiger partial charge on any atom is 0.222 e. The Morgan fingerprint density at radius 1 is 1.21 bits per heavy atom. The van der Waals surface area contributed by atoms with Crippen molar-refractivity contribution in [3.63, 3.8) is 0 Å². The Hall–Kier alpha value is -0.610. The van der Waals surface area contributed by atoms with Crippen molar-refractivity contribution in [1.82, 2.24) is 9.80 Å². The molecule has 1 aliphatic rings. The van der Waals surface area contributed by atoms with Crippen molar-refractivity contribution in [3.8, 4) is 0 Å². The molecule has 0 aliphatic carbocycles. The number of rotatable bonds is 8. The van der Waals surface area contributed by atoms with Gasteiger partial charge in [-0.25, -0.2) is 0 Å². The number of hydrogen-bond donors (Lipinski definition) is 1. The van der Waals surface area contributed by atoms with E-state index in [0.29, 0.717) is 18.9 Å². The van der Waals surface area contributed by atoms with Gasteiger partial charge >= 0.3 is 0 Å². The first-order valence-electron chi connectivity index (χ1n) is 7.91. The number of nitrogens with two attached hydrogens (primary N) is 1. The fourth-order valence-electron chi connectivity index (χ4n) is 2.79. The number of likely N-dealkylation sites (tertiary alicyclic amines) is 1. The quantitative estimate of drug-likeness (QED) is 0.682. The number of unbranched alkanes of at least 4 members (excludes halogenated alkanes) is 1. The minimum absolute atomic E-state index is 0.328. The molecule has 4 nitrogen and oxygen atoms in total. The number of nitrogens with zero attached hydrogens (tertiary/aromatic N) is 2. The van der Waals surface area contributed by atoms with Gasteiger partial charge in [-0.2, -0.15) is 0 Å². The molecule has 0 aromatic carbocycles. The van der Waals surface area contributed by atoms with E-state index in [-0.39, 0.29) is 0 Å². The van der Waals surface area contributed by atoms with Crippen LogP contribution in [-0.4, -0.2) is 55.0 Å². The highest BCUT2D eigenvalue weighted by Crippen LogP contribution is 2.19. The number of amides is 1. The summed E-state index contributed by atoms with van der Waals surface area (Å²) >= 11 is 0. The van der Waals surface area contributed by atoms with Crippen LogP contribution in [0.15, 0.2) is 0 Å². The second-order valence-corrected chi connectivity index (χ2v) is 5.56. The van der Waals surface area contributed by atoms with Crippen LogP contribution in [0, 0.1) is 5.92 Å². The normalized spacial score (nSPS) is 17.2. The van der Waals surface area contributed by atoms with Crippen molar-refractivity contribution in [2.45, 2.75) is 46.0 Å². The molecule has 0 bridgehead atoms. The van der Waals surface area contributed by atoms with E-state index in [2.05, 4.69) is 23.6 Å². The van der Waals surface area contributed by atoms with E-state index < -0.39 is 0 Å². The van der Waals surface area contributed by atoms with Crippen LogP contribution in [0.4, 0.5) is 0 Å². The molecule has 1 fully saturated rings. The Kier molecular flexibility index (Phi) is 8.07. The second-order valence-electron chi connectivity index (χ2n) is 5.56. The molecule has 2 N–H and O–H groups in total. The van der Waals surface area contributed by atoms with Gasteiger partial charge in [-0.3, -0.25) is 4.79 Å². The Morgan fingerprint density at radius 2 is 1.84 bits per heavy atom. The van der Waals surface area contributed by atoms with Crippen molar-refractivity contribution in [1.29, 1.82) is 0 Å². The summed E-state index contributed by atoms with van der Waals surface area (Å²) in [4.78, 5) is 16.5. The van der Waals surface area contributed by atoms with Crippen LogP contribution < -0.4 is 5.73 Å². The first-order chi connectivity index (χ1) is 9.21. The molecule has 1 aliphatic heterocycles. The zero-order valence-electron chi connectivity index (χ0n) is 12.7. The molecule has 0 saturated carbocycles. The van der Waals surface area contributed by atoms with Crippen LogP contribution in [0.3, 0.4) is 0 Å². The standard InChI is InChI=1S/C15H31N3O/c1-3-17(4-2)13-14-8-11-18(12-9-14)15(19)7-5-6-10-16/h14H,3-13,16H2,1-2H3. The minimum atomic E-state index is 0.328. The summed E-state index contributed by atoms with van der Waals surface area (Å²) in [7, 11) is 0. The molecular weight excluding hydrogens is 238 g/mol. The fraction of sp³-hybridized carbons (Fsp3) is 0.933. The van der Waals surface area contributed by atoms with Crippen molar-refractivity contribution < 1.29 is 4.79 Å². The summed E-state index contributed by atoms with van der Waals surface area (Å²) in [5, 5.41) is 0. The third-order valence-electron chi connectivity index (χ3n) is 4.22. The summed E-state index contributed by atoms with van der Waals surface area (Å²) in [5.41, 5.74) is 5.45. The minimum Gasteiger partial charge on any atom is -0.343 e. The van der Waals surface area contributed by atoms with Crippen LogP contribution >= 0.6 is 0 Å². The molecule has 1 rings (SSSR count). The third-order valence-corrected chi connectivity index (χ3v) is 4.22. The largest absolute Gasteiger partial charge is 0.343 e. The van der Waals surface area contributed by atoms with E-state index >= 15 is 0 Å². The van der Waals surface area contributed by atoms with Crippen LogP contribution in [0.2, 0.25) is 0 Å². The van der Waals surface area contributed by atoms with Crippen LogP contribution in [0.1, 0.15) is 46.0 Å². The first kappa shape index (κ1) is 16.4. The Bertz CT molecular complexity index is 246. The van der Waals surface area contributed by atoms with Gasteiger partial charge < -0.3 is 15.5 Å². The lowest BCUT2D eigenvalue weighted by molar-refractivity contribution is -0.132. The second kappa shape index (κ2) is 9.32. The fourth-order valence-corrected chi connectivity index (χ4v) is 2.79. The summed E-state index contributed by atoms with van der Waals surface area (Å²) < 4.78 is 0. The molecule has 0 radical (unpaired) electrons. The van der Waals surface area contributed by atoms with Gasteiger partial charge in [0.25, 0.3) is 0 Å². The lowest BCUT2D eigenvalue weighted by atomic mass is 9.96. The van der Waals surface area contributed by atoms with Gasteiger partial charge in [-0.05, 0) is 51.2 Å². The third kappa shape index (κ3) is 5.91. The molecule has 0 aromatic heterocycles. The predicted octanol–water partition coefficient (Wildman–Crippen LogP) is 1.70. The highest BCUT2D eigenvalue weighted by molar-refractivity contribution is 5.76. The van der Waals surface area contributed by atoms with Crippen LogP contribution in [-0.2, 0) is 4.79 Å². The lowest BCUT2D eigenvalue weighted by Crippen LogP contribution is -2.41. The molecular formula is C15H31N3O. The van der Waals surface area contributed by atoms with Gasteiger partial charge in [-0.15, -0.1) is 0 Å². The summed E-state index contributed by atoms with van der Waals surface area (Å²) in [6.45, 7) is 10.5. The molecule has 1 saturated heterocycles. The van der Waals surface area contributed by atoms with E-state index in [1.54, 1.807) is 0 Å². The van der Waals surface area contributed by atoms with Crippen molar-refractivity contribution >= 4 is 5.91 Å². The topological polar surface area (TPSA) is 49.6 Å². The van der Waals surface area contributed by atoms with E-state index in [1.165, 1.54) is 19.4 Å². The summed E-state index contributed by atoms with van der Waals surface area (Å²) in [6.07, 6.45) is 4.91. The van der Waals surface area contributed by atoms with Gasteiger partial charge in [-0.1, -0.05) is 13.8 Å². The van der Waals surface area contributed by atoms with Crippen molar-refractivity contribution in [2.24, 2.45) is 11.7 Å². The molecule has 0 atom stereocenters. The highest BCUT2D eigenvalue weighted by atomic mass is 16.2. The molecule has 112 valence electrons. The van der Waals surface area contributed by atoms with Gasteiger partial charge in [0.05, 0.1) is 0 Å². The lowest BCUT2D eigenvalue weighted by Gasteiger charge is -2.34. The summed E-state index contributed by atoms with van der Waals surface area (Å²) in [6, 6.07) is 0. The van der Waals surface area contributed by atoms with E-state index in [9.17, 15) is 4.79 Å². The number of piperidine rings is 1. The van der Waals surface area contributed by atoms with Crippen molar-refractivity contribution in [3.05, 3.63) is 0 Å². The van der Waals surface area contributed by atoms with E-state index in [4.69, 9.17) is 5.73 Å². The predicted molar refractivity (Wildman–Crippen MR) is 80.0 cm³/mol. The zero-order chi connectivity index (χ0) is 14.1. The summed E-state index contributed by atoms with van der Waals surface area (Å²) in [5.74, 6) is 1.10. The first-order valence-corrected chi connectivity index (χ1v) is 7.91. The van der Waals surface area contributed by atoms with Gasteiger partial charge in [0.1, 0.15) is 0 Å². The molecule has 1 heterocycles. The van der Waals surface area contributed by atoms with E-state index in [1.807, 2.05) is 0 Å². The number of carbonyl (C=O) groups is 1. The monoisotopic (exact) mass is 269 g/mol. The van der Waals surface area contributed by atoms with E-state index in [0.717, 1.165) is 44.9 Å². The SMILES string of the molecule is CCN(CC)CC1CCN(C(=O)CCCCN)CC1. The molecule has 19 heavy (non-hydrogen) atoms. The molecule has 1 amide bonds. The van der Waals surface area contributed by atoms with Gasteiger partial charge in [0.15, 0.2) is 0 Å². The maximum absolute atomic E-state index is 12.0. The van der Waals surface area contributed by atoms with Crippen molar-refractivity contribution in [2.75, 3.05) is 39.3 Å². The smallest absolute Gasteiger partial charge is 0.222 e. The average molecular weight is 269 g/mol. The molecule has 0 unspecified atom stereocenters. The van der Waals surface area contributed by atoms with Crippen LogP contribution in [0.5, 0.6) is 0 Å². The Balaban J connectivity index is 2.22. The zero-order valence-corrected chi connectivity index (χ0v) is 12.7. The van der Waals surface area contributed by atoms with Gasteiger partial charge in [0, 0.05) is 26.1 Å². The molecule has 0 spiro atoms. The molecule has 4 heteroatoms. The molecule has 0 aromatic rings. The Morgan fingerprint density at radius 3 is 2.37 bits per heavy atom. The Labute approximate surface area is 118 Å².